The highest BCUT2D eigenvalue weighted by atomic mass is 19.1. The molecule has 0 atom stereocenters. The number of hydroxylamine groups is 2. The third-order valence-corrected chi connectivity index (χ3v) is 5.01. The van der Waals surface area contributed by atoms with Gasteiger partial charge in [0.1, 0.15) is 11.4 Å². The van der Waals surface area contributed by atoms with Crippen molar-refractivity contribution >= 4 is 23.1 Å². The van der Waals surface area contributed by atoms with Crippen LogP contribution in [-0.4, -0.2) is 52.6 Å². The molecule has 2 amide bonds. The Morgan fingerprint density at radius 3 is 2.87 bits per heavy atom. The van der Waals surface area contributed by atoms with Gasteiger partial charge in [-0.1, -0.05) is 6.08 Å². The van der Waals surface area contributed by atoms with Gasteiger partial charge in [-0.15, -0.1) is 0 Å². The Balaban J connectivity index is 1.43. The third kappa shape index (κ3) is 4.25. The minimum absolute atomic E-state index is 0.0158. The molecule has 0 spiro atoms. The number of hydrogen-bond donors (Lipinski definition) is 2. The fourth-order valence-corrected chi connectivity index (χ4v) is 3.23. The molecule has 4 rings (SSSR count). The first kappa shape index (κ1) is 20.9. The number of nitrogens with one attached hydrogen (secondary N) is 2. The number of rotatable bonds is 4. The van der Waals surface area contributed by atoms with Crippen molar-refractivity contribution in [1.82, 2.24) is 20.3 Å². The number of pyridine rings is 2. The van der Waals surface area contributed by atoms with E-state index in [1.54, 1.807) is 31.2 Å². The highest BCUT2D eigenvalue weighted by molar-refractivity contribution is 5.99. The van der Waals surface area contributed by atoms with Crippen molar-refractivity contribution in [1.29, 1.82) is 0 Å². The number of anilines is 1. The summed E-state index contributed by atoms with van der Waals surface area (Å²) in [6.45, 7) is 4.34. The van der Waals surface area contributed by atoms with E-state index in [4.69, 9.17) is 9.57 Å². The van der Waals surface area contributed by atoms with Crippen molar-refractivity contribution in [2.45, 2.75) is 26.0 Å². The zero-order valence-electron chi connectivity index (χ0n) is 17.4. The maximum Gasteiger partial charge on any atom is 0.269 e. The van der Waals surface area contributed by atoms with Crippen molar-refractivity contribution < 1.29 is 23.6 Å². The van der Waals surface area contributed by atoms with Gasteiger partial charge in [0, 0.05) is 25.4 Å². The molecule has 0 aromatic carbocycles. The molecule has 9 nitrogen and oxygen atoms in total. The summed E-state index contributed by atoms with van der Waals surface area (Å²) in [4.78, 5) is 37.4. The van der Waals surface area contributed by atoms with Crippen LogP contribution in [-0.2, 0) is 16.2 Å². The zero-order chi connectivity index (χ0) is 22.2. The number of carbonyl (C=O) groups is 2. The van der Waals surface area contributed by atoms with E-state index >= 15 is 0 Å². The van der Waals surface area contributed by atoms with Crippen LogP contribution in [0.25, 0.3) is 5.57 Å². The normalized spacial score (nSPS) is 17.8. The van der Waals surface area contributed by atoms with Crippen molar-refractivity contribution in [3.8, 4) is 5.88 Å². The number of ether oxygens (including phenoxy) is 1. The van der Waals surface area contributed by atoms with E-state index < -0.39 is 17.5 Å². The van der Waals surface area contributed by atoms with E-state index in [-0.39, 0.29) is 18.2 Å². The Hall–Kier alpha value is -3.37. The van der Waals surface area contributed by atoms with Crippen molar-refractivity contribution in [3.63, 3.8) is 0 Å². The predicted octanol–water partition coefficient (Wildman–Crippen LogP) is 1.92. The SMILES string of the molecule is CNC(=O)c1ccc(C2=CCN(Cc3cnc4c(c3)NC(=O)C(C)(C)O4)OC2)c(F)n1. The first-order valence-corrected chi connectivity index (χ1v) is 9.72. The maximum atomic E-state index is 14.4. The van der Waals surface area contributed by atoms with Crippen LogP contribution in [0.1, 0.15) is 35.5 Å². The monoisotopic (exact) mass is 427 g/mol. The highest BCUT2D eigenvalue weighted by Gasteiger charge is 2.36. The molecular weight excluding hydrogens is 405 g/mol. The quantitative estimate of drug-likeness (QED) is 0.718. The molecule has 2 aliphatic rings. The molecule has 0 saturated heterocycles. The van der Waals surface area contributed by atoms with Crippen molar-refractivity contribution in [3.05, 3.63) is 53.2 Å². The Labute approximate surface area is 178 Å². The largest absolute Gasteiger partial charge is 0.460 e. The molecule has 0 aliphatic carbocycles. The summed E-state index contributed by atoms with van der Waals surface area (Å²) in [6, 6.07) is 4.79. The van der Waals surface area contributed by atoms with Crippen LogP contribution in [0.5, 0.6) is 5.88 Å². The highest BCUT2D eigenvalue weighted by Crippen LogP contribution is 2.32. The molecule has 31 heavy (non-hydrogen) atoms. The molecule has 2 aromatic heterocycles. The average molecular weight is 427 g/mol. The van der Waals surface area contributed by atoms with Crippen LogP contribution >= 0.6 is 0 Å². The van der Waals surface area contributed by atoms with E-state index in [9.17, 15) is 14.0 Å². The second kappa shape index (κ2) is 8.05. The standard InChI is InChI=1S/C21H22FN5O4/c1-21(2)20(29)26-16-8-12(9-24-19(16)31-21)10-27-7-6-13(11-30-27)14-4-5-15(18(28)23-3)25-17(14)22/h4-6,8-9H,7,10-11H2,1-3H3,(H,23,28)(H,26,29). The van der Waals surface area contributed by atoms with Gasteiger partial charge in [0.05, 0.1) is 13.2 Å². The smallest absolute Gasteiger partial charge is 0.269 e. The summed E-state index contributed by atoms with van der Waals surface area (Å²) in [5.41, 5.74) is 1.33. The minimum Gasteiger partial charge on any atom is -0.460 e. The van der Waals surface area contributed by atoms with Gasteiger partial charge >= 0.3 is 0 Å². The lowest BCUT2D eigenvalue weighted by molar-refractivity contribution is -0.150. The zero-order valence-corrected chi connectivity index (χ0v) is 17.4. The van der Waals surface area contributed by atoms with Gasteiger partial charge < -0.3 is 15.4 Å². The number of hydrogen-bond acceptors (Lipinski definition) is 7. The Bertz CT molecular complexity index is 1090. The average Bonchev–Trinajstić information content (AvgIpc) is 2.75. The van der Waals surface area contributed by atoms with Gasteiger partial charge in [-0.25, -0.2) is 9.97 Å². The van der Waals surface area contributed by atoms with E-state index in [0.717, 1.165) is 5.56 Å². The molecule has 2 N–H and O–H groups in total. The number of halogens is 1. The lowest BCUT2D eigenvalue weighted by atomic mass is 10.1. The fraction of sp³-hybridized carbons (Fsp3) is 0.333. The van der Waals surface area contributed by atoms with Crippen molar-refractivity contribution in [2.75, 3.05) is 25.5 Å². The van der Waals surface area contributed by atoms with Gasteiger partial charge in [-0.3, -0.25) is 14.4 Å². The molecule has 0 fully saturated rings. The first-order valence-electron chi connectivity index (χ1n) is 9.72. The van der Waals surface area contributed by atoms with Crippen LogP contribution < -0.4 is 15.4 Å². The summed E-state index contributed by atoms with van der Waals surface area (Å²) in [6.07, 6.45) is 3.51. The Morgan fingerprint density at radius 2 is 2.19 bits per heavy atom. The van der Waals surface area contributed by atoms with E-state index in [1.807, 2.05) is 6.08 Å². The van der Waals surface area contributed by atoms with Crippen LogP contribution in [0.2, 0.25) is 0 Å². The van der Waals surface area contributed by atoms with Gasteiger partial charge in [-0.2, -0.15) is 9.45 Å². The van der Waals surface area contributed by atoms with E-state index in [2.05, 4.69) is 20.6 Å². The summed E-state index contributed by atoms with van der Waals surface area (Å²) in [5.74, 6) is -1.03. The molecule has 0 unspecified atom stereocenters. The Morgan fingerprint density at radius 1 is 1.39 bits per heavy atom. The summed E-state index contributed by atoms with van der Waals surface area (Å²) in [7, 11) is 1.46. The fourth-order valence-electron chi connectivity index (χ4n) is 3.23. The minimum atomic E-state index is -0.971. The molecular formula is C21H22FN5O4. The van der Waals surface area contributed by atoms with Crippen molar-refractivity contribution in [2.24, 2.45) is 0 Å². The molecule has 0 saturated carbocycles. The van der Waals surface area contributed by atoms with Gasteiger partial charge in [0.25, 0.3) is 11.8 Å². The molecule has 0 radical (unpaired) electrons. The number of fused-ring (bicyclic) bond motifs is 1. The summed E-state index contributed by atoms with van der Waals surface area (Å²) >= 11 is 0. The summed E-state index contributed by atoms with van der Waals surface area (Å²) in [5, 5.41) is 6.92. The second-order valence-corrected chi connectivity index (χ2v) is 7.70. The second-order valence-electron chi connectivity index (χ2n) is 7.70. The predicted molar refractivity (Wildman–Crippen MR) is 109 cm³/mol. The third-order valence-electron chi connectivity index (χ3n) is 5.01. The maximum absolute atomic E-state index is 14.4. The van der Waals surface area contributed by atoms with Crippen LogP contribution in [0.15, 0.2) is 30.5 Å². The number of aromatic nitrogens is 2. The number of carbonyl (C=O) groups excluding carboxylic acids is 2. The van der Waals surface area contributed by atoms with E-state index in [0.29, 0.717) is 35.8 Å². The molecule has 2 aromatic rings. The number of nitrogens with zero attached hydrogens (tertiary/aromatic N) is 3. The van der Waals surface area contributed by atoms with Gasteiger partial charge in [-0.05, 0) is 43.2 Å². The molecule has 10 heteroatoms. The van der Waals surface area contributed by atoms with Crippen LogP contribution in [0.4, 0.5) is 10.1 Å². The molecule has 162 valence electrons. The topological polar surface area (TPSA) is 106 Å². The van der Waals surface area contributed by atoms with Crippen LogP contribution in [0, 0.1) is 5.95 Å². The van der Waals surface area contributed by atoms with Gasteiger partial charge in [0.2, 0.25) is 11.8 Å². The molecule has 4 heterocycles. The molecule has 0 bridgehead atoms. The van der Waals surface area contributed by atoms with Gasteiger partial charge in [0.15, 0.2) is 5.60 Å². The first-order chi connectivity index (χ1) is 14.8. The lowest BCUT2D eigenvalue weighted by Crippen LogP contribution is -2.46. The van der Waals surface area contributed by atoms with Crippen LogP contribution in [0.3, 0.4) is 0 Å². The summed E-state index contributed by atoms with van der Waals surface area (Å²) < 4.78 is 20.0. The molecule has 2 aliphatic heterocycles. The lowest BCUT2D eigenvalue weighted by Gasteiger charge is -2.31. The number of amides is 2. The van der Waals surface area contributed by atoms with E-state index in [1.165, 1.54) is 19.2 Å². The Kier molecular flexibility index (Phi) is 5.42.